The van der Waals surface area contributed by atoms with Crippen molar-refractivity contribution in [3.8, 4) is 0 Å². The highest BCUT2D eigenvalue weighted by atomic mass is 32.1. The average Bonchev–Trinajstić information content (AvgIpc) is 3.09. The van der Waals surface area contributed by atoms with Crippen molar-refractivity contribution < 1.29 is 5.11 Å². The van der Waals surface area contributed by atoms with Crippen LogP contribution in [0.4, 0.5) is 0 Å². The summed E-state index contributed by atoms with van der Waals surface area (Å²) < 4.78 is 0. The molecule has 23 heavy (non-hydrogen) atoms. The van der Waals surface area contributed by atoms with Crippen molar-refractivity contribution in [2.75, 3.05) is 19.6 Å². The average molecular weight is 332 g/mol. The molecule has 6 heteroatoms. The predicted molar refractivity (Wildman–Crippen MR) is 95.8 cm³/mol. The molecule has 2 rings (SSSR count). The predicted octanol–water partition coefficient (Wildman–Crippen LogP) is 2.15. The van der Waals surface area contributed by atoms with E-state index >= 15 is 0 Å². The Morgan fingerprint density at radius 1 is 1.35 bits per heavy atom. The Kier molecular flexibility index (Phi) is 6.55. The topological polar surface area (TPSA) is 69.5 Å². The molecular weight excluding hydrogens is 308 g/mol. The first-order chi connectivity index (χ1) is 11.1. The number of nitrogens with zero attached hydrogens (tertiary/aromatic N) is 2. The van der Waals surface area contributed by atoms with Crippen molar-refractivity contribution in [1.29, 1.82) is 0 Å². The number of nitrogens with one attached hydrogen (secondary N) is 2. The smallest absolute Gasteiger partial charge is 0.191 e. The molecule has 2 aromatic heterocycles. The Labute approximate surface area is 141 Å². The summed E-state index contributed by atoms with van der Waals surface area (Å²) in [7, 11) is 0. The van der Waals surface area contributed by atoms with Crippen LogP contribution in [-0.2, 0) is 12.0 Å². The molecule has 0 fully saturated rings. The fourth-order valence-corrected chi connectivity index (χ4v) is 2.87. The van der Waals surface area contributed by atoms with Crippen molar-refractivity contribution in [3.05, 3.63) is 52.5 Å². The van der Waals surface area contributed by atoms with Gasteiger partial charge in [0, 0.05) is 31.4 Å². The molecule has 5 nitrogen and oxygen atoms in total. The van der Waals surface area contributed by atoms with Crippen LogP contribution in [0.5, 0.6) is 0 Å². The largest absolute Gasteiger partial charge is 0.383 e. The summed E-state index contributed by atoms with van der Waals surface area (Å²) in [6.45, 7) is 5.63. The van der Waals surface area contributed by atoms with E-state index in [1.165, 1.54) is 0 Å². The number of thiophene rings is 1. The maximum Gasteiger partial charge on any atom is 0.191 e. The van der Waals surface area contributed by atoms with Crippen LogP contribution in [0, 0.1) is 0 Å². The number of aromatic nitrogens is 1. The normalized spacial score (nSPS) is 14.3. The van der Waals surface area contributed by atoms with Crippen molar-refractivity contribution in [3.63, 3.8) is 0 Å². The standard InChI is InChI=1S/C17H24N4OS/c1-3-18-16(20-10-7-15-6-4-5-9-19-15)21-13-17(2,22)14-8-11-23-12-14/h4-6,8-9,11-12,22H,3,7,10,13H2,1-2H3,(H2,18,20,21). The first-order valence-corrected chi connectivity index (χ1v) is 8.73. The molecule has 0 spiro atoms. The fraction of sp³-hybridized carbons (Fsp3) is 0.412. The molecule has 0 amide bonds. The van der Waals surface area contributed by atoms with Crippen LogP contribution in [0.3, 0.4) is 0 Å². The summed E-state index contributed by atoms with van der Waals surface area (Å²) in [6.07, 6.45) is 2.62. The molecule has 124 valence electrons. The minimum absolute atomic E-state index is 0.308. The summed E-state index contributed by atoms with van der Waals surface area (Å²) >= 11 is 1.58. The molecule has 0 aliphatic rings. The molecule has 0 bridgehead atoms. The minimum Gasteiger partial charge on any atom is -0.383 e. The van der Waals surface area contributed by atoms with Gasteiger partial charge in [0.1, 0.15) is 5.60 Å². The number of hydrogen-bond donors (Lipinski definition) is 3. The zero-order valence-electron chi connectivity index (χ0n) is 13.6. The van der Waals surface area contributed by atoms with Crippen LogP contribution in [-0.4, -0.2) is 35.7 Å². The summed E-state index contributed by atoms with van der Waals surface area (Å²) in [5.41, 5.74) is 0.986. The van der Waals surface area contributed by atoms with Crippen molar-refractivity contribution in [2.45, 2.75) is 25.9 Å². The van der Waals surface area contributed by atoms with Crippen LogP contribution >= 0.6 is 11.3 Å². The Balaban J connectivity index is 1.89. The third-order valence-electron chi connectivity index (χ3n) is 3.43. The van der Waals surface area contributed by atoms with E-state index in [1.807, 2.05) is 41.9 Å². The van der Waals surface area contributed by atoms with Crippen LogP contribution < -0.4 is 10.6 Å². The second kappa shape index (κ2) is 8.64. The van der Waals surface area contributed by atoms with Gasteiger partial charge in [-0.2, -0.15) is 11.3 Å². The van der Waals surface area contributed by atoms with Crippen LogP contribution in [0.2, 0.25) is 0 Å². The van der Waals surface area contributed by atoms with E-state index in [2.05, 4.69) is 20.6 Å². The lowest BCUT2D eigenvalue weighted by atomic mass is 10.00. The van der Waals surface area contributed by atoms with Crippen LogP contribution in [0.15, 0.2) is 46.2 Å². The number of rotatable bonds is 7. The molecule has 0 aliphatic carbocycles. The van der Waals surface area contributed by atoms with Gasteiger partial charge in [-0.25, -0.2) is 4.99 Å². The third-order valence-corrected chi connectivity index (χ3v) is 4.12. The van der Waals surface area contributed by atoms with E-state index in [4.69, 9.17) is 0 Å². The molecule has 2 aromatic rings. The van der Waals surface area contributed by atoms with E-state index in [1.54, 1.807) is 24.5 Å². The van der Waals surface area contributed by atoms with Gasteiger partial charge in [-0.15, -0.1) is 0 Å². The van der Waals surface area contributed by atoms with Gasteiger partial charge in [-0.3, -0.25) is 4.98 Å². The highest BCUT2D eigenvalue weighted by Crippen LogP contribution is 2.23. The number of aliphatic imine (C=N–C) groups is 1. The van der Waals surface area contributed by atoms with Crippen molar-refractivity contribution in [2.24, 2.45) is 4.99 Å². The highest BCUT2D eigenvalue weighted by molar-refractivity contribution is 7.08. The van der Waals surface area contributed by atoms with Gasteiger partial charge in [0.2, 0.25) is 0 Å². The lowest BCUT2D eigenvalue weighted by Crippen LogP contribution is -2.39. The van der Waals surface area contributed by atoms with Gasteiger partial charge < -0.3 is 15.7 Å². The summed E-state index contributed by atoms with van der Waals surface area (Å²) in [4.78, 5) is 8.80. The Hall–Kier alpha value is -1.92. The number of aliphatic hydroxyl groups is 1. The van der Waals surface area contributed by atoms with Crippen molar-refractivity contribution >= 4 is 17.3 Å². The number of guanidine groups is 1. The molecule has 0 radical (unpaired) electrons. The molecule has 0 aromatic carbocycles. The second-order valence-corrected chi connectivity index (χ2v) is 6.26. The highest BCUT2D eigenvalue weighted by Gasteiger charge is 2.23. The summed E-state index contributed by atoms with van der Waals surface area (Å²) in [5.74, 6) is 0.707. The molecule has 2 heterocycles. The second-order valence-electron chi connectivity index (χ2n) is 5.48. The van der Waals surface area contributed by atoms with E-state index in [0.29, 0.717) is 12.5 Å². The maximum atomic E-state index is 10.5. The molecule has 3 N–H and O–H groups in total. The molecule has 0 saturated heterocycles. The Morgan fingerprint density at radius 2 is 2.22 bits per heavy atom. The zero-order valence-corrected chi connectivity index (χ0v) is 14.4. The SMILES string of the molecule is CCNC(=NCC(C)(O)c1ccsc1)NCCc1ccccn1. The lowest BCUT2D eigenvalue weighted by molar-refractivity contribution is 0.0677. The zero-order chi connectivity index (χ0) is 16.5. The lowest BCUT2D eigenvalue weighted by Gasteiger charge is -2.21. The van der Waals surface area contributed by atoms with Gasteiger partial charge in [-0.1, -0.05) is 6.07 Å². The Bertz CT molecular complexity index is 596. The first kappa shape index (κ1) is 17.4. The van der Waals surface area contributed by atoms with Gasteiger partial charge in [0.05, 0.1) is 6.54 Å². The summed E-state index contributed by atoms with van der Waals surface area (Å²) in [5, 5.41) is 20.9. The van der Waals surface area contributed by atoms with E-state index in [0.717, 1.165) is 30.8 Å². The van der Waals surface area contributed by atoms with Gasteiger partial charge >= 0.3 is 0 Å². The molecule has 0 aliphatic heterocycles. The number of pyridine rings is 1. The first-order valence-electron chi connectivity index (χ1n) is 7.79. The maximum absolute atomic E-state index is 10.5. The minimum atomic E-state index is -0.955. The molecule has 1 atom stereocenters. The fourth-order valence-electron chi connectivity index (χ4n) is 2.09. The van der Waals surface area contributed by atoms with E-state index < -0.39 is 5.60 Å². The van der Waals surface area contributed by atoms with Crippen LogP contribution in [0.25, 0.3) is 0 Å². The van der Waals surface area contributed by atoms with Gasteiger partial charge in [0.15, 0.2) is 5.96 Å². The molecule has 0 saturated carbocycles. The number of hydrogen-bond acceptors (Lipinski definition) is 4. The van der Waals surface area contributed by atoms with E-state index in [-0.39, 0.29) is 0 Å². The van der Waals surface area contributed by atoms with E-state index in [9.17, 15) is 5.11 Å². The Morgan fingerprint density at radius 3 is 2.87 bits per heavy atom. The quantitative estimate of drug-likeness (QED) is 0.537. The third kappa shape index (κ3) is 5.65. The van der Waals surface area contributed by atoms with Crippen LogP contribution in [0.1, 0.15) is 25.1 Å². The monoisotopic (exact) mass is 332 g/mol. The van der Waals surface area contributed by atoms with Crippen molar-refractivity contribution in [1.82, 2.24) is 15.6 Å². The molecule has 1 unspecified atom stereocenters. The molecular formula is C17H24N4OS. The van der Waals surface area contributed by atoms with Gasteiger partial charge in [0.25, 0.3) is 0 Å². The summed E-state index contributed by atoms with van der Waals surface area (Å²) in [6, 6.07) is 7.84. The van der Waals surface area contributed by atoms with Gasteiger partial charge in [-0.05, 0) is 48.4 Å².